The van der Waals surface area contributed by atoms with Crippen LogP contribution in [0.2, 0.25) is 0 Å². The van der Waals surface area contributed by atoms with Gasteiger partial charge >= 0.3 is 0 Å². The van der Waals surface area contributed by atoms with Crippen LogP contribution in [0.4, 0.5) is 0 Å². The summed E-state index contributed by atoms with van der Waals surface area (Å²) in [7, 11) is 0. The van der Waals surface area contributed by atoms with E-state index in [1.54, 1.807) is 0 Å². The van der Waals surface area contributed by atoms with Crippen LogP contribution >= 0.6 is 0 Å². The number of nitrogens with zero attached hydrogens (tertiary/aromatic N) is 1. The van der Waals surface area contributed by atoms with Crippen molar-refractivity contribution < 1.29 is 4.74 Å². The fourth-order valence-corrected chi connectivity index (χ4v) is 2.27. The van der Waals surface area contributed by atoms with Gasteiger partial charge in [0, 0.05) is 26.2 Å². The van der Waals surface area contributed by atoms with E-state index >= 15 is 0 Å². The van der Waals surface area contributed by atoms with Crippen LogP contribution < -0.4 is 5.32 Å². The van der Waals surface area contributed by atoms with Crippen molar-refractivity contribution in [1.29, 1.82) is 0 Å². The lowest BCUT2D eigenvalue weighted by atomic mass is 10.2. The largest absolute Gasteiger partial charge is 0.377 e. The fraction of sp³-hybridized carbons (Fsp3) is 1.00. The Bertz CT molecular complexity index is 152. The Labute approximate surface area is 101 Å². The highest BCUT2D eigenvalue weighted by atomic mass is 16.5. The molecule has 1 fully saturated rings. The van der Waals surface area contributed by atoms with Gasteiger partial charge in [0.15, 0.2) is 0 Å². The SMILES string of the molecule is CCCN(CCC)CCNCC1CCCO1. The minimum absolute atomic E-state index is 0.478. The molecule has 16 heavy (non-hydrogen) atoms. The van der Waals surface area contributed by atoms with Crippen LogP contribution in [0.5, 0.6) is 0 Å². The van der Waals surface area contributed by atoms with E-state index in [1.165, 1.54) is 45.3 Å². The average Bonchev–Trinajstić information content (AvgIpc) is 2.78. The summed E-state index contributed by atoms with van der Waals surface area (Å²) in [4.78, 5) is 2.54. The second kappa shape index (κ2) is 8.97. The lowest BCUT2D eigenvalue weighted by Gasteiger charge is -2.21. The normalized spacial score (nSPS) is 20.8. The smallest absolute Gasteiger partial charge is 0.0700 e. The van der Waals surface area contributed by atoms with Gasteiger partial charge in [-0.1, -0.05) is 13.8 Å². The third kappa shape index (κ3) is 5.83. The van der Waals surface area contributed by atoms with Crippen LogP contribution in [0.1, 0.15) is 39.5 Å². The van der Waals surface area contributed by atoms with Gasteiger partial charge in [-0.3, -0.25) is 0 Å². The number of hydrogen-bond donors (Lipinski definition) is 1. The first-order valence-electron chi connectivity index (χ1n) is 6.91. The fourth-order valence-electron chi connectivity index (χ4n) is 2.27. The number of ether oxygens (including phenoxy) is 1. The van der Waals surface area contributed by atoms with E-state index in [1.807, 2.05) is 0 Å². The van der Waals surface area contributed by atoms with Gasteiger partial charge in [0.2, 0.25) is 0 Å². The molecule has 0 bridgehead atoms. The van der Waals surface area contributed by atoms with E-state index in [0.29, 0.717) is 6.10 Å². The number of rotatable bonds is 9. The number of nitrogens with one attached hydrogen (secondary N) is 1. The topological polar surface area (TPSA) is 24.5 Å². The van der Waals surface area contributed by atoms with Crippen LogP contribution in [0.25, 0.3) is 0 Å². The van der Waals surface area contributed by atoms with Crippen molar-refractivity contribution in [3.8, 4) is 0 Å². The summed E-state index contributed by atoms with van der Waals surface area (Å²) in [5.74, 6) is 0. The maximum Gasteiger partial charge on any atom is 0.0700 e. The van der Waals surface area contributed by atoms with E-state index in [-0.39, 0.29) is 0 Å². The van der Waals surface area contributed by atoms with Gasteiger partial charge in [0.25, 0.3) is 0 Å². The third-order valence-electron chi connectivity index (χ3n) is 3.08. The van der Waals surface area contributed by atoms with Crippen molar-refractivity contribution in [1.82, 2.24) is 10.2 Å². The van der Waals surface area contributed by atoms with Crippen molar-refractivity contribution in [3.05, 3.63) is 0 Å². The number of hydrogen-bond acceptors (Lipinski definition) is 3. The maximum absolute atomic E-state index is 5.58. The first-order chi connectivity index (χ1) is 7.86. The summed E-state index contributed by atoms with van der Waals surface area (Å²) < 4.78 is 5.58. The van der Waals surface area contributed by atoms with Crippen LogP contribution in [0.15, 0.2) is 0 Å². The Balaban J connectivity index is 1.98. The van der Waals surface area contributed by atoms with Crippen LogP contribution in [0, 0.1) is 0 Å². The Morgan fingerprint density at radius 1 is 1.19 bits per heavy atom. The molecule has 1 aliphatic heterocycles. The maximum atomic E-state index is 5.58. The van der Waals surface area contributed by atoms with Gasteiger partial charge in [-0.05, 0) is 38.8 Å². The molecule has 1 unspecified atom stereocenters. The minimum atomic E-state index is 0.478. The molecule has 0 aromatic heterocycles. The lowest BCUT2D eigenvalue weighted by Crippen LogP contribution is -2.36. The van der Waals surface area contributed by atoms with Gasteiger partial charge in [0.05, 0.1) is 6.10 Å². The average molecular weight is 228 g/mol. The van der Waals surface area contributed by atoms with Crippen molar-refractivity contribution in [3.63, 3.8) is 0 Å². The molecule has 96 valence electrons. The van der Waals surface area contributed by atoms with Crippen molar-refractivity contribution in [2.45, 2.75) is 45.6 Å². The Kier molecular flexibility index (Phi) is 7.81. The molecule has 1 atom stereocenters. The highest BCUT2D eigenvalue weighted by molar-refractivity contribution is 4.68. The van der Waals surface area contributed by atoms with Crippen LogP contribution in [-0.2, 0) is 4.74 Å². The molecule has 1 N–H and O–H groups in total. The first kappa shape index (κ1) is 13.9. The molecular formula is C13H28N2O. The summed E-state index contributed by atoms with van der Waals surface area (Å²) in [6.45, 7) is 11.2. The Morgan fingerprint density at radius 3 is 2.50 bits per heavy atom. The zero-order valence-electron chi connectivity index (χ0n) is 11.0. The molecule has 0 aliphatic carbocycles. The van der Waals surface area contributed by atoms with Crippen molar-refractivity contribution >= 4 is 0 Å². The van der Waals surface area contributed by atoms with Gasteiger partial charge < -0.3 is 15.0 Å². The predicted molar refractivity (Wildman–Crippen MR) is 68.9 cm³/mol. The van der Waals surface area contributed by atoms with E-state index in [4.69, 9.17) is 4.74 Å². The summed E-state index contributed by atoms with van der Waals surface area (Å²) in [6.07, 6.45) is 5.47. The molecule has 0 aromatic rings. The second-order valence-electron chi connectivity index (χ2n) is 4.68. The first-order valence-corrected chi connectivity index (χ1v) is 6.91. The van der Waals surface area contributed by atoms with Crippen molar-refractivity contribution in [2.75, 3.05) is 39.3 Å². The molecule has 3 nitrogen and oxygen atoms in total. The van der Waals surface area contributed by atoms with Gasteiger partial charge in [-0.15, -0.1) is 0 Å². The minimum Gasteiger partial charge on any atom is -0.377 e. The molecule has 0 amide bonds. The van der Waals surface area contributed by atoms with Crippen molar-refractivity contribution in [2.24, 2.45) is 0 Å². The highest BCUT2D eigenvalue weighted by Crippen LogP contribution is 2.10. The molecule has 3 heteroatoms. The molecular weight excluding hydrogens is 200 g/mol. The molecule has 0 spiro atoms. The van der Waals surface area contributed by atoms with Gasteiger partial charge in [-0.2, -0.15) is 0 Å². The summed E-state index contributed by atoms with van der Waals surface area (Å²) in [6, 6.07) is 0. The Morgan fingerprint density at radius 2 is 1.94 bits per heavy atom. The summed E-state index contributed by atoms with van der Waals surface area (Å²) >= 11 is 0. The van der Waals surface area contributed by atoms with E-state index in [9.17, 15) is 0 Å². The zero-order valence-corrected chi connectivity index (χ0v) is 11.0. The van der Waals surface area contributed by atoms with Crippen LogP contribution in [-0.4, -0.2) is 50.3 Å². The van der Waals surface area contributed by atoms with E-state index in [0.717, 1.165) is 19.7 Å². The highest BCUT2D eigenvalue weighted by Gasteiger charge is 2.14. The van der Waals surface area contributed by atoms with Gasteiger partial charge in [0.1, 0.15) is 0 Å². The standard InChI is InChI=1S/C13H28N2O/c1-3-8-15(9-4-2)10-7-14-12-13-6-5-11-16-13/h13-14H,3-12H2,1-2H3. The molecule has 1 saturated heterocycles. The summed E-state index contributed by atoms with van der Waals surface area (Å²) in [5.41, 5.74) is 0. The van der Waals surface area contributed by atoms with E-state index in [2.05, 4.69) is 24.1 Å². The molecule has 1 heterocycles. The quantitative estimate of drug-likeness (QED) is 0.610. The second-order valence-corrected chi connectivity index (χ2v) is 4.68. The summed E-state index contributed by atoms with van der Waals surface area (Å²) in [5, 5.41) is 3.51. The van der Waals surface area contributed by atoms with Gasteiger partial charge in [-0.25, -0.2) is 0 Å². The lowest BCUT2D eigenvalue weighted by molar-refractivity contribution is 0.109. The van der Waals surface area contributed by atoms with E-state index < -0.39 is 0 Å². The molecule has 0 aromatic carbocycles. The molecule has 1 rings (SSSR count). The third-order valence-corrected chi connectivity index (χ3v) is 3.08. The molecule has 0 radical (unpaired) electrons. The molecule has 0 saturated carbocycles. The molecule has 1 aliphatic rings. The predicted octanol–water partition coefficient (Wildman–Crippen LogP) is 1.88. The zero-order chi connectivity index (χ0) is 11.6. The monoisotopic (exact) mass is 228 g/mol. The van der Waals surface area contributed by atoms with Crippen LogP contribution in [0.3, 0.4) is 0 Å². The Hall–Kier alpha value is -0.120.